The Labute approximate surface area is 215 Å². The van der Waals surface area contributed by atoms with Crippen LogP contribution in [0.5, 0.6) is 0 Å². The molecular weight excluding hydrogens is 466 g/mol. The maximum absolute atomic E-state index is 13.9. The average molecular weight is 496 g/mol. The van der Waals surface area contributed by atoms with E-state index in [1.807, 2.05) is 79.7 Å². The summed E-state index contributed by atoms with van der Waals surface area (Å²) in [5.74, 6) is -0.532. The van der Waals surface area contributed by atoms with Gasteiger partial charge >= 0.3 is 6.03 Å². The number of benzodiazepines with no additional fused rings is 1. The molecule has 5 rings (SSSR count). The number of amides is 3. The first-order chi connectivity index (χ1) is 18.0. The van der Waals surface area contributed by atoms with Gasteiger partial charge in [-0.2, -0.15) is 0 Å². The Morgan fingerprint density at radius 3 is 2.57 bits per heavy atom. The fraction of sp³-hybridized carbons (Fsp3) is 0.241. The van der Waals surface area contributed by atoms with Gasteiger partial charge < -0.3 is 20.9 Å². The molecule has 3 amide bonds. The third-order valence-electron chi connectivity index (χ3n) is 6.56. The van der Waals surface area contributed by atoms with Crippen molar-refractivity contribution in [1.29, 1.82) is 0 Å². The van der Waals surface area contributed by atoms with Crippen molar-refractivity contribution in [2.45, 2.75) is 32.0 Å². The van der Waals surface area contributed by atoms with E-state index in [0.29, 0.717) is 17.1 Å². The second-order valence-corrected chi connectivity index (χ2v) is 9.27. The van der Waals surface area contributed by atoms with Crippen LogP contribution in [0.4, 0.5) is 16.2 Å². The number of aliphatic imine (C=N–C) groups is 1. The molecule has 0 bridgehead atoms. The van der Waals surface area contributed by atoms with Gasteiger partial charge in [0.25, 0.3) is 5.91 Å². The standard InChI is InChI=1S/C29H29N5O3/c1-19-9-7-12-21(17-19)31-29(37)33-27-28(36)34(18-25(35)23-14-8-16-30-23)24-15-6-5-13-22(24)26(32-27)20-10-3-2-4-11-20/h2-7,9-13,15,17,23,27,30H,8,14,16,18H2,1H3,(H2,31,33,37)/t23-,27?/m0/s1. The largest absolute Gasteiger partial charge is 0.321 e. The lowest BCUT2D eigenvalue weighted by Crippen LogP contribution is -2.51. The molecule has 8 nitrogen and oxygen atoms in total. The van der Waals surface area contributed by atoms with Gasteiger partial charge in [0, 0.05) is 16.8 Å². The minimum absolute atomic E-state index is 0.0632. The summed E-state index contributed by atoms with van der Waals surface area (Å²) in [7, 11) is 0. The molecule has 0 aromatic heterocycles. The quantitative estimate of drug-likeness (QED) is 0.486. The number of carbonyl (C=O) groups is 3. The molecule has 8 heteroatoms. The smallest absolute Gasteiger partial charge is 0.308 e. The van der Waals surface area contributed by atoms with Crippen molar-refractivity contribution in [1.82, 2.24) is 10.6 Å². The summed E-state index contributed by atoms with van der Waals surface area (Å²) in [6, 6.07) is 23.5. The van der Waals surface area contributed by atoms with Crippen LogP contribution in [0, 0.1) is 6.92 Å². The number of ketones is 1. The SMILES string of the molecule is Cc1cccc(NC(=O)NC2N=C(c3ccccc3)c3ccccc3N(CC(=O)[C@@H]3CCCN3)C2=O)c1. The minimum atomic E-state index is -1.23. The van der Waals surface area contributed by atoms with Crippen molar-refractivity contribution in [2.75, 3.05) is 23.3 Å². The fourth-order valence-electron chi connectivity index (χ4n) is 4.75. The molecule has 3 N–H and O–H groups in total. The second kappa shape index (κ2) is 10.8. The Balaban J connectivity index is 1.51. The molecule has 2 atom stereocenters. The molecule has 1 fully saturated rings. The number of benzene rings is 3. The van der Waals surface area contributed by atoms with E-state index in [4.69, 9.17) is 4.99 Å². The summed E-state index contributed by atoms with van der Waals surface area (Å²) < 4.78 is 0. The molecule has 2 aliphatic heterocycles. The fourth-order valence-corrected chi connectivity index (χ4v) is 4.75. The summed E-state index contributed by atoms with van der Waals surface area (Å²) in [6.45, 7) is 2.61. The molecule has 2 heterocycles. The Kier molecular flexibility index (Phi) is 7.09. The Hall–Kier alpha value is -4.30. The van der Waals surface area contributed by atoms with E-state index < -0.39 is 18.1 Å². The molecule has 0 aliphatic carbocycles. The highest BCUT2D eigenvalue weighted by Crippen LogP contribution is 2.28. The van der Waals surface area contributed by atoms with Gasteiger partial charge in [-0.25, -0.2) is 9.79 Å². The second-order valence-electron chi connectivity index (χ2n) is 9.27. The van der Waals surface area contributed by atoms with E-state index in [0.717, 1.165) is 36.1 Å². The third-order valence-corrected chi connectivity index (χ3v) is 6.56. The number of aryl methyl sites for hydroxylation is 1. The minimum Gasteiger partial charge on any atom is -0.308 e. The van der Waals surface area contributed by atoms with Crippen LogP contribution in [-0.2, 0) is 9.59 Å². The normalized spacial score (nSPS) is 19.0. The molecule has 3 aromatic rings. The molecule has 0 radical (unpaired) electrons. The van der Waals surface area contributed by atoms with Crippen molar-refractivity contribution in [3.8, 4) is 0 Å². The lowest BCUT2D eigenvalue weighted by atomic mass is 10.00. The van der Waals surface area contributed by atoms with Gasteiger partial charge in [-0.05, 0) is 50.1 Å². The lowest BCUT2D eigenvalue weighted by Gasteiger charge is -2.26. The van der Waals surface area contributed by atoms with Crippen LogP contribution in [0.15, 0.2) is 83.9 Å². The maximum atomic E-state index is 13.9. The van der Waals surface area contributed by atoms with E-state index in [9.17, 15) is 14.4 Å². The summed E-state index contributed by atoms with van der Waals surface area (Å²) in [6.07, 6.45) is 0.442. The Morgan fingerprint density at radius 2 is 1.81 bits per heavy atom. The number of nitrogens with one attached hydrogen (secondary N) is 3. The highest BCUT2D eigenvalue weighted by molar-refractivity contribution is 6.21. The van der Waals surface area contributed by atoms with E-state index >= 15 is 0 Å². The number of Topliss-reactive ketones (excluding diaryl/α,β-unsaturated/α-hetero) is 1. The zero-order valence-electron chi connectivity index (χ0n) is 20.6. The van der Waals surface area contributed by atoms with E-state index in [-0.39, 0.29) is 18.4 Å². The number of urea groups is 1. The van der Waals surface area contributed by atoms with Gasteiger partial charge in [0.1, 0.15) is 0 Å². The van der Waals surface area contributed by atoms with Crippen molar-refractivity contribution < 1.29 is 14.4 Å². The van der Waals surface area contributed by atoms with Gasteiger partial charge in [0.05, 0.1) is 24.0 Å². The van der Waals surface area contributed by atoms with Crippen LogP contribution < -0.4 is 20.9 Å². The number of hydrogen-bond acceptors (Lipinski definition) is 5. The number of para-hydroxylation sites is 1. The first-order valence-corrected chi connectivity index (χ1v) is 12.4. The summed E-state index contributed by atoms with van der Waals surface area (Å²) in [5, 5.41) is 8.72. The molecule has 0 spiro atoms. The van der Waals surface area contributed by atoms with Gasteiger partial charge in [-0.1, -0.05) is 60.7 Å². The number of hydrogen-bond donors (Lipinski definition) is 3. The van der Waals surface area contributed by atoms with Gasteiger partial charge in [-0.15, -0.1) is 0 Å². The molecule has 2 aliphatic rings. The van der Waals surface area contributed by atoms with Gasteiger partial charge in [0.15, 0.2) is 5.78 Å². The highest BCUT2D eigenvalue weighted by Gasteiger charge is 2.35. The number of fused-ring (bicyclic) bond motifs is 1. The molecule has 1 unspecified atom stereocenters. The van der Waals surface area contributed by atoms with Crippen LogP contribution in [0.3, 0.4) is 0 Å². The van der Waals surface area contributed by atoms with E-state index in [1.165, 1.54) is 4.90 Å². The summed E-state index contributed by atoms with van der Waals surface area (Å²) >= 11 is 0. The monoisotopic (exact) mass is 495 g/mol. The third kappa shape index (κ3) is 5.44. The molecule has 188 valence electrons. The highest BCUT2D eigenvalue weighted by atomic mass is 16.2. The maximum Gasteiger partial charge on any atom is 0.321 e. The number of anilines is 2. The average Bonchev–Trinajstić information content (AvgIpc) is 3.42. The summed E-state index contributed by atoms with van der Waals surface area (Å²) in [5.41, 5.74) is 4.28. The zero-order chi connectivity index (χ0) is 25.8. The van der Waals surface area contributed by atoms with Crippen molar-refractivity contribution in [3.63, 3.8) is 0 Å². The van der Waals surface area contributed by atoms with Crippen LogP contribution >= 0.6 is 0 Å². The van der Waals surface area contributed by atoms with Crippen LogP contribution in [0.1, 0.15) is 29.5 Å². The zero-order valence-corrected chi connectivity index (χ0v) is 20.6. The molecule has 0 saturated carbocycles. The van der Waals surface area contributed by atoms with Gasteiger partial charge in [0.2, 0.25) is 6.17 Å². The Morgan fingerprint density at radius 1 is 1.03 bits per heavy atom. The first-order valence-electron chi connectivity index (χ1n) is 12.4. The number of carbonyl (C=O) groups excluding carboxylic acids is 3. The summed E-state index contributed by atoms with van der Waals surface area (Å²) in [4.78, 5) is 46.2. The first kappa shape index (κ1) is 24.4. The van der Waals surface area contributed by atoms with Crippen molar-refractivity contribution >= 4 is 34.8 Å². The van der Waals surface area contributed by atoms with E-state index in [1.54, 1.807) is 6.07 Å². The lowest BCUT2D eigenvalue weighted by molar-refractivity contribution is -0.124. The molecule has 1 saturated heterocycles. The number of rotatable bonds is 6. The molecule has 37 heavy (non-hydrogen) atoms. The predicted octanol–water partition coefficient (Wildman–Crippen LogP) is 3.65. The van der Waals surface area contributed by atoms with E-state index in [2.05, 4.69) is 16.0 Å². The van der Waals surface area contributed by atoms with Gasteiger partial charge in [-0.3, -0.25) is 9.59 Å². The molecule has 3 aromatic carbocycles. The topological polar surface area (TPSA) is 103 Å². The predicted molar refractivity (Wildman–Crippen MR) is 144 cm³/mol. The molecular formula is C29H29N5O3. The number of nitrogens with zero attached hydrogens (tertiary/aromatic N) is 2. The van der Waals surface area contributed by atoms with Crippen LogP contribution in [0.25, 0.3) is 0 Å². The van der Waals surface area contributed by atoms with Crippen LogP contribution in [-0.4, -0.2) is 48.7 Å². The van der Waals surface area contributed by atoms with Crippen molar-refractivity contribution in [3.05, 3.63) is 95.6 Å². The Bertz CT molecular complexity index is 1350. The van der Waals surface area contributed by atoms with Crippen LogP contribution in [0.2, 0.25) is 0 Å². The van der Waals surface area contributed by atoms with Crippen molar-refractivity contribution in [2.24, 2.45) is 4.99 Å².